The van der Waals surface area contributed by atoms with Crippen LogP contribution in [0.25, 0.3) is 0 Å². The van der Waals surface area contributed by atoms with E-state index in [2.05, 4.69) is 58.2 Å². The molecule has 1 fully saturated rings. The fourth-order valence-corrected chi connectivity index (χ4v) is 3.92. The molecule has 3 atom stereocenters. The zero-order chi connectivity index (χ0) is 16.5. The van der Waals surface area contributed by atoms with E-state index >= 15 is 0 Å². The van der Waals surface area contributed by atoms with Crippen LogP contribution in [0.5, 0.6) is 0 Å². The van der Waals surface area contributed by atoms with Crippen LogP contribution < -0.4 is 5.32 Å². The van der Waals surface area contributed by atoms with Gasteiger partial charge < -0.3 is 9.74 Å². The predicted octanol–water partition coefficient (Wildman–Crippen LogP) is 4.27. The Balaban J connectivity index is 2.30. The van der Waals surface area contributed by atoms with Crippen LogP contribution in [0.2, 0.25) is 18.1 Å². The van der Waals surface area contributed by atoms with Crippen LogP contribution in [0.4, 0.5) is 0 Å². The van der Waals surface area contributed by atoms with E-state index in [1.54, 1.807) is 0 Å². The molecule has 1 aliphatic rings. The van der Waals surface area contributed by atoms with Gasteiger partial charge in [-0.05, 0) is 30.1 Å². The van der Waals surface area contributed by atoms with Crippen molar-refractivity contribution in [2.24, 2.45) is 5.92 Å². The van der Waals surface area contributed by atoms with E-state index in [0.717, 1.165) is 12.0 Å². The van der Waals surface area contributed by atoms with Crippen molar-refractivity contribution in [1.29, 1.82) is 0 Å². The first-order valence-corrected chi connectivity index (χ1v) is 11.1. The molecule has 0 aromatic heterocycles. The van der Waals surface area contributed by atoms with Crippen molar-refractivity contribution in [3.8, 4) is 0 Å². The van der Waals surface area contributed by atoms with E-state index in [0.29, 0.717) is 0 Å². The van der Waals surface area contributed by atoms with Gasteiger partial charge in [0.05, 0.1) is 18.1 Å². The Labute approximate surface area is 135 Å². The Morgan fingerprint density at radius 1 is 1.23 bits per heavy atom. The van der Waals surface area contributed by atoms with E-state index < -0.39 is 8.32 Å². The minimum atomic E-state index is -1.91. The van der Waals surface area contributed by atoms with E-state index in [1.165, 1.54) is 0 Å². The lowest BCUT2D eigenvalue weighted by Crippen LogP contribution is -2.62. The summed E-state index contributed by atoms with van der Waals surface area (Å²) >= 11 is 0. The summed E-state index contributed by atoms with van der Waals surface area (Å²) in [7, 11) is -1.91. The average Bonchev–Trinajstić information content (AvgIpc) is 2.42. The summed E-state index contributed by atoms with van der Waals surface area (Å²) in [6, 6.07) is 10.4. The molecule has 1 heterocycles. The van der Waals surface area contributed by atoms with Crippen LogP contribution in [-0.2, 0) is 9.22 Å². The molecule has 1 aromatic rings. The smallest absolute Gasteiger partial charge is 0.225 e. The first-order valence-electron chi connectivity index (χ1n) is 8.20. The van der Waals surface area contributed by atoms with Crippen LogP contribution in [0.1, 0.15) is 45.8 Å². The van der Waals surface area contributed by atoms with Gasteiger partial charge in [0.2, 0.25) is 5.91 Å². The Morgan fingerprint density at radius 2 is 1.82 bits per heavy atom. The highest BCUT2D eigenvalue weighted by molar-refractivity contribution is 6.74. The largest absolute Gasteiger partial charge is 0.408 e. The van der Waals surface area contributed by atoms with Crippen LogP contribution in [0, 0.1) is 5.92 Å². The van der Waals surface area contributed by atoms with Gasteiger partial charge in [-0.2, -0.15) is 0 Å². The molecule has 4 heteroatoms. The summed E-state index contributed by atoms with van der Waals surface area (Å²) in [4.78, 5) is 11.8. The molecule has 122 valence electrons. The Morgan fingerprint density at radius 3 is 2.27 bits per heavy atom. The maximum atomic E-state index is 11.8. The lowest BCUT2D eigenvalue weighted by Gasteiger charge is -2.46. The number of rotatable bonds is 5. The minimum absolute atomic E-state index is 0.0512. The maximum Gasteiger partial charge on any atom is 0.225 e. The van der Waals surface area contributed by atoms with Crippen molar-refractivity contribution >= 4 is 14.2 Å². The Kier molecular flexibility index (Phi) is 4.83. The Bertz CT molecular complexity index is 522. The zero-order valence-electron chi connectivity index (χ0n) is 14.6. The van der Waals surface area contributed by atoms with Gasteiger partial charge in [-0.15, -0.1) is 0 Å². The lowest BCUT2D eigenvalue weighted by atomic mass is 9.82. The summed E-state index contributed by atoms with van der Waals surface area (Å²) < 4.78 is 6.70. The van der Waals surface area contributed by atoms with Gasteiger partial charge in [-0.25, -0.2) is 0 Å². The van der Waals surface area contributed by atoms with Gasteiger partial charge in [0.25, 0.3) is 0 Å². The van der Waals surface area contributed by atoms with Gasteiger partial charge in [0, 0.05) is 0 Å². The molecule has 0 spiro atoms. The average molecular weight is 320 g/mol. The topological polar surface area (TPSA) is 38.3 Å². The molecule has 1 aliphatic heterocycles. The minimum Gasteiger partial charge on any atom is -0.408 e. The van der Waals surface area contributed by atoms with Gasteiger partial charge >= 0.3 is 0 Å². The molecule has 0 bridgehead atoms. The molecule has 1 N–H and O–H groups in total. The van der Waals surface area contributed by atoms with Crippen LogP contribution in [0.3, 0.4) is 0 Å². The van der Waals surface area contributed by atoms with Crippen LogP contribution in [-0.4, -0.2) is 20.3 Å². The first-order chi connectivity index (χ1) is 10.2. The normalized spacial score (nSPS) is 23.6. The molecule has 0 radical (unpaired) electrons. The number of hydrogen-bond donors (Lipinski definition) is 1. The molecule has 3 nitrogen and oxygen atoms in total. The van der Waals surface area contributed by atoms with E-state index in [-0.39, 0.29) is 29.0 Å². The van der Waals surface area contributed by atoms with Gasteiger partial charge in [-0.3, -0.25) is 4.79 Å². The summed E-state index contributed by atoms with van der Waals surface area (Å²) in [5.74, 6) is 0.224. The van der Waals surface area contributed by atoms with Crippen molar-refractivity contribution in [1.82, 2.24) is 5.32 Å². The highest BCUT2D eigenvalue weighted by Crippen LogP contribution is 2.42. The van der Waals surface area contributed by atoms with E-state index in [4.69, 9.17) is 4.43 Å². The first kappa shape index (κ1) is 17.2. The molecule has 0 unspecified atom stereocenters. The molecule has 22 heavy (non-hydrogen) atoms. The number of carbonyl (C=O) groups is 1. The fraction of sp³-hybridized carbons (Fsp3) is 0.611. The van der Waals surface area contributed by atoms with Gasteiger partial charge in [0.1, 0.15) is 0 Å². The van der Waals surface area contributed by atoms with Gasteiger partial charge in [-0.1, -0.05) is 58.0 Å². The molecule has 1 amide bonds. The summed E-state index contributed by atoms with van der Waals surface area (Å²) in [5, 5.41) is 3.22. The SMILES string of the molecule is CC[C@H]1C(=O)N[C@@H]1[C@@H](O[Si](C)(C)C(C)(C)C)c1ccccc1. The highest BCUT2D eigenvalue weighted by atomic mass is 28.4. The molecule has 0 saturated carbocycles. The number of carbonyl (C=O) groups excluding carboxylic acids is 1. The summed E-state index contributed by atoms with van der Waals surface area (Å²) in [6.45, 7) is 13.4. The second kappa shape index (κ2) is 6.17. The predicted molar refractivity (Wildman–Crippen MR) is 93.2 cm³/mol. The lowest BCUT2D eigenvalue weighted by molar-refractivity contribution is -0.139. The third-order valence-electron chi connectivity index (χ3n) is 5.20. The standard InChI is InChI=1S/C18H29NO2Si/c1-7-14-15(19-17(14)20)16(13-11-9-8-10-12-13)21-22(5,6)18(2,3)4/h8-12,14-16H,7H2,1-6H3,(H,19,20)/t14-,15+,16+/m1/s1. The molecular formula is C18H29NO2Si. The number of β-lactam (4-membered cyclic amide) rings is 1. The van der Waals surface area contributed by atoms with Crippen molar-refractivity contribution in [3.63, 3.8) is 0 Å². The fourth-order valence-electron chi connectivity index (χ4n) is 2.65. The van der Waals surface area contributed by atoms with Gasteiger partial charge in [0.15, 0.2) is 8.32 Å². The Hall–Kier alpha value is -1.13. The number of nitrogens with one attached hydrogen (secondary N) is 1. The summed E-state index contributed by atoms with van der Waals surface area (Å²) in [6.07, 6.45) is 0.811. The number of amides is 1. The second-order valence-electron chi connectivity index (χ2n) is 7.76. The third-order valence-corrected chi connectivity index (χ3v) is 9.66. The quantitative estimate of drug-likeness (QED) is 0.650. The molecule has 1 aromatic carbocycles. The van der Waals surface area contributed by atoms with Crippen molar-refractivity contribution in [3.05, 3.63) is 35.9 Å². The van der Waals surface area contributed by atoms with Crippen LogP contribution >= 0.6 is 0 Å². The van der Waals surface area contributed by atoms with Crippen molar-refractivity contribution < 1.29 is 9.22 Å². The van der Waals surface area contributed by atoms with E-state index in [1.807, 2.05) is 18.2 Å². The zero-order valence-corrected chi connectivity index (χ0v) is 15.6. The molecule has 0 aliphatic carbocycles. The van der Waals surface area contributed by atoms with Crippen LogP contribution in [0.15, 0.2) is 30.3 Å². The monoisotopic (exact) mass is 319 g/mol. The van der Waals surface area contributed by atoms with Crippen molar-refractivity contribution in [2.75, 3.05) is 0 Å². The van der Waals surface area contributed by atoms with Crippen molar-refractivity contribution in [2.45, 2.75) is 64.4 Å². The second-order valence-corrected chi connectivity index (χ2v) is 12.5. The maximum absolute atomic E-state index is 11.8. The number of benzene rings is 1. The molecular weight excluding hydrogens is 290 g/mol. The highest BCUT2D eigenvalue weighted by Gasteiger charge is 2.48. The van der Waals surface area contributed by atoms with E-state index in [9.17, 15) is 4.79 Å². The molecule has 1 saturated heterocycles. The summed E-state index contributed by atoms with van der Waals surface area (Å²) in [5.41, 5.74) is 1.16. The number of hydrogen-bond acceptors (Lipinski definition) is 2. The third kappa shape index (κ3) is 3.28. The molecule has 2 rings (SSSR count).